The maximum absolute atomic E-state index is 11.1. The third-order valence-corrected chi connectivity index (χ3v) is 2.94. The lowest BCUT2D eigenvalue weighted by Crippen LogP contribution is -2.42. The highest BCUT2D eigenvalue weighted by atomic mass is 16.5. The van der Waals surface area contributed by atoms with Crippen LogP contribution in [-0.2, 0) is 9.53 Å². The van der Waals surface area contributed by atoms with Crippen molar-refractivity contribution in [1.29, 1.82) is 0 Å². The molecule has 13 heavy (non-hydrogen) atoms. The number of esters is 1. The second-order valence-electron chi connectivity index (χ2n) is 4.07. The van der Waals surface area contributed by atoms with Crippen LogP contribution in [0.2, 0.25) is 0 Å². The Morgan fingerprint density at radius 1 is 1.54 bits per heavy atom. The molecule has 0 amide bonds. The fourth-order valence-electron chi connectivity index (χ4n) is 2.20. The number of hydrogen-bond donors (Lipinski definition) is 1. The fraction of sp³-hybridized carbons (Fsp3) is 0.700. The quantitative estimate of drug-likeness (QED) is 0.445. The van der Waals surface area contributed by atoms with Gasteiger partial charge in [0.15, 0.2) is 0 Å². The van der Waals surface area contributed by atoms with E-state index in [1.54, 1.807) is 0 Å². The number of hydrogen-bond acceptors (Lipinski definition) is 3. The summed E-state index contributed by atoms with van der Waals surface area (Å²) in [6.07, 6.45) is 5.47. The highest BCUT2D eigenvalue weighted by molar-refractivity contribution is 5.71. The van der Waals surface area contributed by atoms with Gasteiger partial charge < -0.3 is 10.5 Å². The molecule has 1 aliphatic heterocycles. The Bertz CT molecular complexity index is 249. The molecule has 4 atom stereocenters. The van der Waals surface area contributed by atoms with Crippen molar-refractivity contribution in [3.63, 3.8) is 0 Å². The summed E-state index contributed by atoms with van der Waals surface area (Å²) in [6.45, 7) is 2.10. The van der Waals surface area contributed by atoms with Crippen LogP contribution in [0.4, 0.5) is 0 Å². The predicted molar refractivity (Wildman–Crippen MR) is 48.9 cm³/mol. The molecule has 1 fully saturated rings. The molecule has 0 bridgehead atoms. The zero-order valence-corrected chi connectivity index (χ0v) is 7.77. The molecule has 2 N–H and O–H groups in total. The van der Waals surface area contributed by atoms with Crippen molar-refractivity contribution in [2.45, 2.75) is 31.9 Å². The van der Waals surface area contributed by atoms with Crippen LogP contribution in [0.5, 0.6) is 0 Å². The topological polar surface area (TPSA) is 52.3 Å². The Hall–Kier alpha value is -0.830. The molecular formula is C10H15NO2. The van der Waals surface area contributed by atoms with Crippen molar-refractivity contribution in [2.75, 3.05) is 0 Å². The van der Waals surface area contributed by atoms with Crippen LogP contribution in [0.25, 0.3) is 0 Å². The summed E-state index contributed by atoms with van der Waals surface area (Å²) in [4.78, 5) is 11.1. The summed E-state index contributed by atoms with van der Waals surface area (Å²) in [5.74, 6) is 0.712. The number of ether oxygens (including phenoxy) is 1. The van der Waals surface area contributed by atoms with Crippen LogP contribution < -0.4 is 5.73 Å². The molecule has 0 radical (unpaired) electrons. The van der Waals surface area contributed by atoms with Gasteiger partial charge in [0.25, 0.3) is 0 Å². The van der Waals surface area contributed by atoms with Gasteiger partial charge in [0.1, 0.15) is 6.10 Å². The van der Waals surface area contributed by atoms with Crippen molar-refractivity contribution in [3.05, 3.63) is 12.2 Å². The van der Waals surface area contributed by atoms with Crippen LogP contribution in [0.1, 0.15) is 19.8 Å². The molecule has 0 aromatic heterocycles. The average molecular weight is 181 g/mol. The standard InChI is InChI=1S/C10H15NO2/c1-6-4-10(12)13-9-5-7(11)2-3-8(6)9/h2-3,6-9H,4-5,11H2,1H3. The summed E-state index contributed by atoms with van der Waals surface area (Å²) in [6, 6.07) is 0.0550. The predicted octanol–water partition coefficient (Wildman–Crippen LogP) is 0.841. The van der Waals surface area contributed by atoms with E-state index in [-0.39, 0.29) is 18.1 Å². The smallest absolute Gasteiger partial charge is 0.306 e. The van der Waals surface area contributed by atoms with Gasteiger partial charge in [-0.2, -0.15) is 0 Å². The average Bonchev–Trinajstić information content (AvgIpc) is 2.02. The Morgan fingerprint density at radius 3 is 3.08 bits per heavy atom. The molecule has 4 unspecified atom stereocenters. The van der Waals surface area contributed by atoms with E-state index in [1.807, 2.05) is 6.08 Å². The molecule has 1 heterocycles. The lowest BCUT2D eigenvalue weighted by Gasteiger charge is -2.37. The summed E-state index contributed by atoms with van der Waals surface area (Å²) in [5.41, 5.74) is 5.75. The second-order valence-corrected chi connectivity index (χ2v) is 4.07. The molecule has 72 valence electrons. The third kappa shape index (κ3) is 1.61. The van der Waals surface area contributed by atoms with E-state index in [0.717, 1.165) is 6.42 Å². The normalized spacial score (nSPS) is 44.0. The number of carbonyl (C=O) groups excluding carboxylic acids is 1. The zero-order valence-electron chi connectivity index (χ0n) is 7.77. The Balaban J connectivity index is 2.16. The minimum Gasteiger partial charge on any atom is -0.462 e. The lowest BCUT2D eigenvalue weighted by molar-refractivity contribution is -0.161. The Morgan fingerprint density at radius 2 is 2.31 bits per heavy atom. The van der Waals surface area contributed by atoms with E-state index in [9.17, 15) is 4.79 Å². The molecule has 0 spiro atoms. The number of fused-ring (bicyclic) bond motifs is 1. The van der Waals surface area contributed by atoms with Crippen molar-refractivity contribution >= 4 is 5.97 Å². The second kappa shape index (κ2) is 3.14. The van der Waals surface area contributed by atoms with Gasteiger partial charge in [0, 0.05) is 24.8 Å². The molecule has 1 aliphatic carbocycles. The van der Waals surface area contributed by atoms with Crippen LogP contribution in [0.3, 0.4) is 0 Å². The summed E-state index contributed by atoms with van der Waals surface area (Å²) in [5, 5.41) is 0. The molecular weight excluding hydrogens is 166 g/mol. The van der Waals surface area contributed by atoms with Gasteiger partial charge in [-0.15, -0.1) is 0 Å². The van der Waals surface area contributed by atoms with Gasteiger partial charge in [-0.25, -0.2) is 0 Å². The molecule has 0 aromatic carbocycles. The van der Waals surface area contributed by atoms with E-state index < -0.39 is 0 Å². The van der Waals surface area contributed by atoms with Crippen molar-refractivity contribution in [2.24, 2.45) is 17.6 Å². The first-order valence-corrected chi connectivity index (χ1v) is 4.80. The monoisotopic (exact) mass is 181 g/mol. The van der Waals surface area contributed by atoms with Crippen LogP contribution >= 0.6 is 0 Å². The largest absolute Gasteiger partial charge is 0.462 e. The van der Waals surface area contributed by atoms with Crippen LogP contribution in [-0.4, -0.2) is 18.1 Å². The van der Waals surface area contributed by atoms with Gasteiger partial charge in [0.2, 0.25) is 0 Å². The summed E-state index contributed by atoms with van der Waals surface area (Å²) < 4.78 is 5.26. The van der Waals surface area contributed by atoms with Crippen LogP contribution in [0.15, 0.2) is 12.2 Å². The van der Waals surface area contributed by atoms with E-state index in [4.69, 9.17) is 10.5 Å². The van der Waals surface area contributed by atoms with Crippen molar-refractivity contribution < 1.29 is 9.53 Å². The maximum atomic E-state index is 11.1. The zero-order chi connectivity index (χ0) is 9.42. The van der Waals surface area contributed by atoms with Crippen LogP contribution in [0, 0.1) is 11.8 Å². The highest BCUT2D eigenvalue weighted by Gasteiger charge is 2.37. The molecule has 3 heteroatoms. The molecule has 2 aliphatic rings. The van der Waals surface area contributed by atoms with Gasteiger partial charge in [-0.1, -0.05) is 19.1 Å². The number of carbonyl (C=O) groups is 1. The lowest BCUT2D eigenvalue weighted by atomic mass is 9.78. The third-order valence-electron chi connectivity index (χ3n) is 2.94. The van der Waals surface area contributed by atoms with E-state index in [2.05, 4.69) is 13.0 Å². The van der Waals surface area contributed by atoms with E-state index in [0.29, 0.717) is 18.3 Å². The number of rotatable bonds is 0. The first-order valence-electron chi connectivity index (χ1n) is 4.80. The Labute approximate surface area is 77.9 Å². The molecule has 0 aromatic rings. The van der Waals surface area contributed by atoms with Gasteiger partial charge in [-0.05, 0) is 5.92 Å². The van der Waals surface area contributed by atoms with Crippen molar-refractivity contribution in [3.8, 4) is 0 Å². The summed E-state index contributed by atoms with van der Waals surface area (Å²) >= 11 is 0. The minimum absolute atomic E-state index is 0.0243. The molecule has 2 rings (SSSR count). The van der Waals surface area contributed by atoms with E-state index >= 15 is 0 Å². The van der Waals surface area contributed by atoms with Gasteiger partial charge in [-0.3, -0.25) is 4.79 Å². The SMILES string of the molecule is CC1CC(=O)OC2CC(N)C=CC12. The molecule has 1 saturated heterocycles. The van der Waals surface area contributed by atoms with Gasteiger partial charge in [0.05, 0.1) is 0 Å². The van der Waals surface area contributed by atoms with E-state index in [1.165, 1.54) is 0 Å². The minimum atomic E-state index is -0.0729. The highest BCUT2D eigenvalue weighted by Crippen LogP contribution is 2.33. The maximum Gasteiger partial charge on any atom is 0.306 e. The summed E-state index contributed by atoms with van der Waals surface area (Å²) in [7, 11) is 0. The molecule has 0 saturated carbocycles. The first kappa shape index (κ1) is 8.75. The fourth-order valence-corrected chi connectivity index (χ4v) is 2.20. The first-order chi connectivity index (χ1) is 6.16. The van der Waals surface area contributed by atoms with Crippen molar-refractivity contribution in [1.82, 2.24) is 0 Å². The Kier molecular flexibility index (Phi) is 2.12. The molecule has 3 nitrogen and oxygen atoms in total. The van der Waals surface area contributed by atoms with Gasteiger partial charge >= 0.3 is 5.97 Å². The number of nitrogens with two attached hydrogens (primary N) is 1.